The lowest BCUT2D eigenvalue weighted by atomic mass is 10.1. The summed E-state index contributed by atoms with van der Waals surface area (Å²) in [6.07, 6.45) is 3.18. The van der Waals surface area contributed by atoms with E-state index in [1.54, 1.807) is 6.08 Å². The standard InChI is InChI=1S/C21H20O2/c1-21(2,3)23-20(22)16-15-19-13-11-18(12-14-19)10-9-17-7-5-4-6-8-17/h4-8,11-16H,1-3H3/b16-15+. The van der Waals surface area contributed by atoms with Gasteiger partial charge in [0.25, 0.3) is 0 Å². The van der Waals surface area contributed by atoms with Crippen LogP contribution in [0.5, 0.6) is 0 Å². The van der Waals surface area contributed by atoms with Crippen molar-refractivity contribution < 1.29 is 9.53 Å². The summed E-state index contributed by atoms with van der Waals surface area (Å²) in [7, 11) is 0. The van der Waals surface area contributed by atoms with Crippen LogP contribution < -0.4 is 0 Å². The summed E-state index contributed by atoms with van der Waals surface area (Å²) in [6, 6.07) is 17.6. The molecule has 23 heavy (non-hydrogen) atoms. The summed E-state index contributed by atoms with van der Waals surface area (Å²) in [5, 5.41) is 0. The molecule has 0 aliphatic rings. The lowest BCUT2D eigenvalue weighted by molar-refractivity contribution is -0.148. The number of esters is 1. The van der Waals surface area contributed by atoms with Gasteiger partial charge in [-0.3, -0.25) is 0 Å². The Morgan fingerprint density at radius 2 is 1.48 bits per heavy atom. The van der Waals surface area contributed by atoms with E-state index in [9.17, 15) is 4.79 Å². The number of hydrogen-bond donors (Lipinski definition) is 0. The number of hydrogen-bond acceptors (Lipinski definition) is 2. The van der Waals surface area contributed by atoms with E-state index >= 15 is 0 Å². The molecule has 0 aromatic heterocycles. The maximum Gasteiger partial charge on any atom is 0.331 e. The highest BCUT2D eigenvalue weighted by Crippen LogP contribution is 2.09. The minimum Gasteiger partial charge on any atom is -0.457 e. The third kappa shape index (κ3) is 6.23. The van der Waals surface area contributed by atoms with E-state index in [2.05, 4.69) is 11.8 Å². The molecule has 0 saturated heterocycles. The van der Waals surface area contributed by atoms with E-state index < -0.39 is 5.60 Å². The Balaban J connectivity index is 2.00. The molecule has 0 N–H and O–H groups in total. The lowest BCUT2D eigenvalue weighted by Gasteiger charge is -2.17. The average molecular weight is 304 g/mol. The number of benzene rings is 2. The zero-order chi connectivity index (χ0) is 16.7. The molecular formula is C21H20O2. The number of carbonyl (C=O) groups excluding carboxylic acids is 1. The monoisotopic (exact) mass is 304 g/mol. The van der Waals surface area contributed by atoms with E-state index in [0.29, 0.717) is 0 Å². The summed E-state index contributed by atoms with van der Waals surface area (Å²) < 4.78 is 5.22. The first-order chi connectivity index (χ1) is 10.9. The minimum atomic E-state index is -0.474. The molecule has 2 heteroatoms. The molecule has 116 valence electrons. The first-order valence-corrected chi connectivity index (χ1v) is 7.51. The van der Waals surface area contributed by atoms with E-state index in [4.69, 9.17) is 4.74 Å². The molecule has 0 heterocycles. The van der Waals surface area contributed by atoms with Crippen LogP contribution >= 0.6 is 0 Å². The van der Waals surface area contributed by atoms with Crippen molar-refractivity contribution >= 4 is 12.0 Å². The summed E-state index contributed by atoms with van der Waals surface area (Å²) in [4.78, 5) is 11.6. The summed E-state index contributed by atoms with van der Waals surface area (Å²) in [6.45, 7) is 5.54. The Morgan fingerprint density at radius 1 is 0.913 bits per heavy atom. The second-order valence-corrected chi connectivity index (χ2v) is 6.10. The first-order valence-electron chi connectivity index (χ1n) is 7.51. The molecule has 2 aromatic carbocycles. The quantitative estimate of drug-likeness (QED) is 0.466. The fraction of sp³-hybridized carbons (Fsp3) is 0.190. The maximum atomic E-state index is 11.6. The molecule has 0 aliphatic heterocycles. The Kier molecular flexibility index (Phi) is 5.38. The largest absolute Gasteiger partial charge is 0.457 e. The Hall–Kier alpha value is -2.79. The van der Waals surface area contributed by atoms with Crippen LogP contribution in [0.1, 0.15) is 37.5 Å². The highest BCUT2D eigenvalue weighted by Gasteiger charge is 2.13. The van der Waals surface area contributed by atoms with Gasteiger partial charge in [0.15, 0.2) is 0 Å². The van der Waals surface area contributed by atoms with Gasteiger partial charge < -0.3 is 4.74 Å². The first kappa shape index (κ1) is 16.6. The molecule has 2 nitrogen and oxygen atoms in total. The minimum absolute atomic E-state index is 0.342. The lowest BCUT2D eigenvalue weighted by Crippen LogP contribution is -2.22. The molecular weight excluding hydrogens is 284 g/mol. The van der Waals surface area contributed by atoms with Gasteiger partial charge in [0.2, 0.25) is 0 Å². The highest BCUT2D eigenvalue weighted by molar-refractivity contribution is 5.87. The van der Waals surface area contributed by atoms with E-state index in [1.165, 1.54) is 6.08 Å². The number of rotatable bonds is 2. The molecule has 0 radical (unpaired) electrons. The SMILES string of the molecule is CC(C)(C)OC(=O)/C=C/c1ccc(C#Cc2ccccc2)cc1. The van der Waals surface area contributed by atoms with Crippen molar-refractivity contribution in [3.63, 3.8) is 0 Å². The Bertz CT molecular complexity index is 736. The van der Waals surface area contributed by atoms with Crippen molar-refractivity contribution in [1.82, 2.24) is 0 Å². The second kappa shape index (κ2) is 7.47. The molecule has 0 spiro atoms. The predicted molar refractivity (Wildman–Crippen MR) is 93.7 cm³/mol. The van der Waals surface area contributed by atoms with Gasteiger partial charge in [-0.15, -0.1) is 0 Å². The number of carbonyl (C=O) groups is 1. The van der Waals surface area contributed by atoms with Gasteiger partial charge in [0.1, 0.15) is 5.60 Å². The van der Waals surface area contributed by atoms with Crippen LogP contribution in [0.3, 0.4) is 0 Å². The van der Waals surface area contributed by atoms with Crippen LogP contribution in [0.15, 0.2) is 60.7 Å². The van der Waals surface area contributed by atoms with Crippen LogP contribution in [0.2, 0.25) is 0 Å². The van der Waals surface area contributed by atoms with Gasteiger partial charge in [0.05, 0.1) is 0 Å². The smallest absolute Gasteiger partial charge is 0.331 e. The van der Waals surface area contributed by atoms with Crippen molar-refractivity contribution in [3.05, 3.63) is 77.4 Å². The van der Waals surface area contributed by atoms with Gasteiger partial charge >= 0.3 is 5.97 Å². The predicted octanol–water partition coefficient (Wildman–Crippen LogP) is 4.44. The van der Waals surface area contributed by atoms with Crippen molar-refractivity contribution in [2.75, 3.05) is 0 Å². The van der Waals surface area contributed by atoms with Crippen LogP contribution in [0.25, 0.3) is 6.08 Å². The summed E-state index contributed by atoms with van der Waals surface area (Å²) in [5.41, 5.74) is 2.38. The van der Waals surface area contributed by atoms with Crippen molar-refractivity contribution in [2.24, 2.45) is 0 Å². The van der Waals surface area contributed by atoms with Crippen LogP contribution in [-0.4, -0.2) is 11.6 Å². The molecule has 0 aliphatic carbocycles. The van der Waals surface area contributed by atoms with Gasteiger partial charge in [-0.05, 0) is 56.7 Å². The third-order valence-corrected chi connectivity index (χ3v) is 2.85. The van der Waals surface area contributed by atoms with Crippen molar-refractivity contribution in [1.29, 1.82) is 0 Å². The van der Waals surface area contributed by atoms with Gasteiger partial charge in [-0.2, -0.15) is 0 Å². The van der Waals surface area contributed by atoms with Crippen LogP contribution in [0, 0.1) is 11.8 Å². The van der Waals surface area contributed by atoms with Crippen LogP contribution in [-0.2, 0) is 9.53 Å². The topological polar surface area (TPSA) is 26.3 Å². The van der Waals surface area contributed by atoms with E-state index in [-0.39, 0.29) is 5.97 Å². The molecule has 0 unspecified atom stereocenters. The Labute approximate surface area is 137 Å². The number of ether oxygens (including phenoxy) is 1. The molecule has 0 fully saturated rings. The van der Waals surface area contributed by atoms with Crippen molar-refractivity contribution in [2.45, 2.75) is 26.4 Å². The maximum absolute atomic E-state index is 11.6. The van der Waals surface area contributed by atoms with E-state index in [1.807, 2.05) is 75.4 Å². The summed E-state index contributed by atoms with van der Waals surface area (Å²) in [5.74, 6) is 5.89. The molecule has 0 saturated carbocycles. The summed E-state index contributed by atoms with van der Waals surface area (Å²) >= 11 is 0. The van der Waals surface area contributed by atoms with Gasteiger partial charge in [-0.1, -0.05) is 42.2 Å². The van der Waals surface area contributed by atoms with Crippen molar-refractivity contribution in [3.8, 4) is 11.8 Å². The second-order valence-electron chi connectivity index (χ2n) is 6.10. The zero-order valence-electron chi connectivity index (χ0n) is 13.7. The fourth-order valence-electron chi connectivity index (χ4n) is 1.84. The molecule has 0 atom stereocenters. The molecule has 0 amide bonds. The molecule has 2 aromatic rings. The van der Waals surface area contributed by atoms with Gasteiger partial charge in [-0.25, -0.2) is 4.79 Å². The molecule has 2 rings (SSSR count). The third-order valence-electron chi connectivity index (χ3n) is 2.85. The zero-order valence-corrected chi connectivity index (χ0v) is 13.7. The van der Waals surface area contributed by atoms with E-state index in [0.717, 1.165) is 16.7 Å². The molecule has 0 bridgehead atoms. The average Bonchev–Trinajstić information content (AvgIpc) is 2.51. The van der Waals surface area contributed by atoms with Crippen LogP contribution in [0.4, 0.5) is 0 Å². The van der Waals surface area contributed by atoms with Gasteiger partial charge in [0, 0.05) is 17.2 Å². The Morgan fingerprint density at radius 3 is 2.04 bits per heavy atom. The fourth-order valence-corrected chi connectivity index (χ4v) is 1.84. The highest BCUT2D eigenvalue weighted by atomic mass is 16.6. The normalized spacial score (nSPS) is 10.9.